The molecule has 1 saturated carbocycles. The van der Waals surface area contributed by atoms with Crippen molar-refractivity contribution in [2.45, 2.75) is 49.0 Å². The van der Waals surface area contributed by atoms with Crippen LogP contribution in [0.1, 0.15) is 37.7 Å². The zero-order valence-corrected chi connectivity index (χ0v) is 16.5. The lowest BCUT2D eigenvalue weighted by Gasteiger charge is -2.21. The number of thioether (sulfide) groups is 1. The quantitative estimate of drug-likeness (QED) is 0.667. The van der Waals surface area contributed by atoms with Gasteiger partial charge in [-0.3, -0.25) is 4.79 Å². The largest absolute Gasteiger partial charge is 0.496 e. The molecule has 1 aliphatic rings. The number of hydrogen-bond acceptors (Lipinski definition) is 7. The number of amides is 1. The molecule has 1 fully saturated rings. The molecule has 1 amide bonds. The summed E-state index contributed by atoms with van der Waals surface area (Å²) in [6.45, 7) is 0.452. The van der Waals surface area contributed by atoms with Crippen molar-refractivity contribution < 1.29 is 9.53 Å². The molecule has 0 aliphatic heterocycles. The number of ether oxygens (including phenoxy) is 1. The first-order chi connectivity index (χ1) is 12.7. The summed E-state index contributed by atoms with van der Waals surface area (Å²) in [5.41, 5.74) is 0.961. The van der Waals surface area contributed by atoms with E-state index in [1.807, 2.05) is 24.3 Å². The predicted molar refractivity (Wildman–Crippen MR) is 106 cm³/mol. The highest BCUT2D eigenvalue weighted by Gasteiger charge is 2.15. The highest BCUT2D eigenvalue weighted by Crippen LogP contribution is 2.28. The maximum absolute atomic E-state index is 12.1. The van der Waals surface area contributed by atoms with E-state index in [-0.39, 0.29) is 5.91 Å². The Morgan fingerprint density at radius 1 is 1.27 bits per heavy atom. The Balaban J connectivity index is 1.41. The van der Waals surface area contributed by atoms with Crippen molar-refractivity contribution in [3.8, 4) is 5.75 Å². The van der Waals surface area contributed by atoms with Crippen molar-refractivity contribution in [2.24, 2.45) is 0 Å². The van der Waals surface area contributed by atoms with E-state index in [1.165, 1.54) is 55.2 Å². The maximum atomic E-state index is 12.1. The molecule has 1 aromatic heterocycles. The summed E-state index contributed by atoms with van der Waals surface area (Å²) in [6.07, 6.45) is 6.30. The average Bonchev–Trinajstić information content (AvgIpc) is 3.13. The number of aromatic nitrogens is 2. The summed E-state index contributed by atoms with van der Waals surface area (Å²) in [4.78, 5) is 12.1. The lowest BCUT2D eigenvalue weighted by Crippen LogP contribution is -2.24. The van der Waals surface area contributed by atoms with Gasteiger partial charge >= 0.3 is 0 Å². The van der Waals surface area contributed by atoms with Crippen LogP contribution in [0.5, 0.6) is 5.75 Å². The first kappa shape index (κ1) is 19.0. The molecule has 2 aromatic rings. The minimum absolute atomic E-state index is 0.0297. The van der Waals surface area contributed by atoms with Crippen LogP contribution in [0.4, 0.5) is 5.13 Å². The Morgan fingerprint density at radius 2 is 2.08 bits per heavy atom. The smallest absolute Gasteiger partial charge is 0.230 e. The summed E-state index contributed by atoms with van der Waals surface area (Å²) in [5.74, 6) is 1.08. The number of anilines is 1. The molecule has 3 rings (SSSR count). The molecule has 26 heavy (non-hydrogen) atoms. The van der Waals surface area contributed by atoms with Crippen LogP contribution >= 0.6 is 23.1 Å². The van der Waals surface area contributed by atoms with E-state index in [2.05, 4.69) is 20.8 Å². The SMILES string of the molecule is COc1ccccc1CNC(=O)CSc1nnc(NC2CCCCC2)s1. The fourth-order valence-electron chi connectivity index (χ4n) is 2.97. The normalized spacial score (nSPS) is 14.8. The molecule has 0 saturated heterocycles. The molecule has 0 atom stereocenters. The van der Waals surface area contributed by atoms with Gasteiger partial charge in [-0.15, -0.1) is 10.2 Å². The van der Waals surface area contributed by atoms with Crippen molar-refractivity contribution in [1.82, 2.24) is 15.5 Å². The Labute approximate surface area is 162 Å². The van der Waals surface area contributed by atoms with Gasteiger partial charge in [-0.2, -0.15) is 0 Å². The zero-order valence-electron chi connectivity index (χ0n) is 14.9. The molecule has 0 spiro atoms. The van der Waals surface area contributed by atoms with Gasteiger partial charge in [-0.1, -0.05) is 60.6 Å². The van der Waals surface area contributed by atoms with Gasteiger partial charge < -0.3 is 15.4 Å². The van der Waals surface area contributed by atoms with Gasteiger partial charge in [-0.05, 0) is 18.9 Å². The molecule has 1 heterocycles. The molecule has 0 unspecified atom stereocenters. The highest BCUT2D eigenvalue weighted by atomic mass is 32.2. The van der Waals surface area contributed by atoms with E-state index in [4.69, 9.17) is 4.74 Å². The van der Waals surface area contributed by atoms with Gasteiger partial charge in [0.1, 0.15) is 5.75 Å². The van der Waals surface area contributed by atoms with Gasteiger partial charge in [0, 0.05) is 18.2 Å². The van der Waals surface area contributed by atoms with E-state index < -0.39 is 0 Å². The standard InChI is InChI=1S/C18H24N4O2S2/c1-24-15-10-6-5-7-13(15)11-19-16(23)12-25-18-22-21-17(26-18)20-14-8-3-2-4-9-14/h5-7,10,14H,2-4,8-9,11-12H2,1H3,(H,19,23)(H,20,21). The molecule has 1 aromatic carbocycles. The van der Waals surface area contributed by atoms with Gasteiger partial charge in [0.15, 0.2) is 4.34 Å². The van der Waals surface area contributed by atoms with Crippen molar-refractivity contribution in [1.29, 1.82) is 0 Å². The number of benzene rings is 1. The van der Waals surface area contributed by atoms with Gasteiger partial charge in [0.25, 0.3) is 0 Å². The van der Waals surface area contributed by atoms with Crippen molar-refractivity contribution in [3.63, 3.8) is 0 Å². The van der Waals surface area contributed by atoms with Crippen LogP contribution in [0.3, 0.4) is 0 Å². The number of carbonyl (C=O) groups is 1. The third kappa shape index (κ3) is 5.60. The maximum Gasteiger partial charge on any atom is 0.230 e. The highest BCUT2D eigenvalue weighted by molar-refractivity contribution is 8.01. The molecule has 6 nitrogen and oxygen atoms in total. The van der Waals surface area contributed by atoms with Crippen LogP contribution in [0, 0.1) is 0 Å². The molecule has 0 radical (unpaired) electrons. The van der Waals surface area contributed by atoms with E-state index in [1.54, 1.807) is 7.11 Å². The third-order valence-electron chi connectivity index (χ3n) is 4.33. The van der Waals surface area contributed by atoms with Crippen molar-refractivity contribution in [3.05, 3.63) is 29.8 Å². The summed E-state index contributed by atoms with van der Waals surface area (Å²) in [7, 11) is 1.63. The van der Waals surface area contributed by atoms with E-state index >= 15 is 0 Å². The number of nitrogens with one attached hydrogen (secondary N) is 2. The fourth-order valence-corrected chi connectivity index (χ4v) is 4.63. The van der Waals surface area contributed by atoms with E-state index in [0.717, 1.165) is 20.8 Å². The van der Waals surface area contributed by atoms with Crippen LogP contribution in [-0.2, 0) is 11.3 Å². The van der Waals surface area contributed by atoms with Crippen LogP contribution in [0.25, 0.3) is 0 Å². The second-order valence-electron chi connectivity index (χ2n) is 6.23. The number of carbonyl (C=O) groups excluding carboxylic acids is 1. The first-order valence-corrected chi connectivity index (χ1v) is 10.7. The molecular formula is C18H24N4O2S2. The monoisotopic (exact) mass is 392 g/mol. The lowest BCUT2D eigenvalue weighted by molar-refractivity contribution is -0.118. The number of rotatable bonds is 8. The minimum atomic E-state index is -0.0297. The molecular weight excluding hydrogens is 368 g/mol. The van der Waals surface area contributed by atoms with Crippen molar-refractivity contribution in [2.75, 3.05) is 18.2 Å². The Hall–Kier alpha value is -1.80. The lowest BCUT2D eigenvalue weighted by atomic mass is 9.96. The van der Waals surface area contributed by atoms with E-state index in [9.17, 15) is 4.79 Å². The van der Waals surface area contributed by atoms with Crippen molar-refractivity contribution >= 4 is 34.1 Å². The molecule has 0 bridgehead atoms. The molecule has 140 valence electrons. The predicted octanol–water partition coefficient (Wildman–Crippen LogP) is 3.70. The topological polar surface area (TPSA) is 76.1 Å². The van der Waals surface area contributed by atoms with Crippen LogP contribution < -0.4 is 15.4 Å². The summed E-state index contributed by atoms with van der Waals surface area (Å²) in [6, 6.07) is 8.19. The summed E-state index contributed by atoms with van der Waals surface area (Å²) >= 11 is 2.94. The third-order valence-corrected chi connectivity index (χ3v) is 6.32. The van der Waals surface area contributed by atoms with Crippen LogP contribution in [0.15, 0.2) is 28.6 Å². The van der Waals surface area contributed by atoms with Gasteiger partial charge in [0.2, 0.25) is 11.0 Å². The van der Waals surface area contributed by atoms with E-state index in [0.29, 0.717) is 18.3 Å². The number of nitrogens with zero attached hydrogens (tertiary/aromatic N) is 2. The summed E-state index contributed by atoms with van der Waals surface area (Å²) in [5, 5.41) is 15.6. The van der Waals surface area contributed by atoms with Gasteiger partial charge in [0.05, 0.1) is 12.9 Å². The Bertz CT molecular complexity index is 717. The molecule has 2 N–H and O–H groups in total. The second-order valence-corrected chi connectivity index (χ2v) is 8.43. The number of methoxy groups -OCH3 is 1. The summed E-state index contributed by atoms with van der Waals surface area (Å²) < 4.78 is 6.11. The van der Waals surface area contributed by atoms with Gasteiger partial charge in [-0.25, -0.2) is 0 Å². The van der Waals surface area contributed by atoms with Crippen LogP contribution in [-0.4, -0.2) is 35.0 Å². The average molecular weight is 393 g/mol. The minimum Gasteiger partial charge on any atom is -0.496 e. The number of hydrogen-bond donors (Lipinski definition) is 2. The zero-order chi connectivity index (χ0) is 18.2. The second kappa shape index (κ2) is 9.78. The van der Waals surface area contributed by atoms with Crippen LogP contribution in [0.2, 0.25) is 0 Å². The molecule has 1 aliphatic carbocycles. The Morgan fingerprint density at radius 3 is 2.88 bits per heavy atom. The number of para-hydroxylation sites is 1. The fraction of sp³-hybridized carbons (Fsp3) is 0.500. The first-order valence-electron chi connectivity index (χ1n) is 8.86. The Kier molecular flexibility index (Phi) is 7.13. The molecule has 8 heteroatoms.